The Hall–Kier alpha value is -2.39. The first kappa shape index (κ1) is 13.6. The van der Waals surface area contributed by atoms with Crippen LogP contribution in [-0.4, -0.2) is 10.8 Å². The van der Waals surface area contributed by atoms with Gasteiger partial charge in [0.1, 0.15) is 11.5 Å². The number of hydrogen-bond donors (Lipinski definition) is 0. The average Bonchev–Trinajstić information content (AvgIpc) is 2.47. The summed E-state index contributed by atoms with van der Waals surface area (Å²) in [6, 6.07) is 14.6. The van der Waals surface area contributed by atoms with E-state index in [1.54, 1.807) is 24.4 Å². The number of rotatable bonds is 3. The molecule has 0 radical (unpaired) electrons. The summed E-state index contributed by atoms with van der Waals surface area (Å²) in [4.78, 5) is 15.6. The molecule has 3 aromatic rings. The molecule has 3 nitrogen and oxygen atoms in total. The molecule has 21 heavy (non-hydrogen) atoms. The molecule has 0 saturated heterocycles. The number of ketones is 1. The summed E-state index contributed by atoms with van der Waals surface area (Å²) in [5.74, 6) is 1.19. The summed E-state index contributed by atoms with van der Waals surface area (Å²) in [6.07, 6.45) is 1.74. The molecule has 0 N–H and O–H groups in total. The largest absolute Gasteiger partial charge is 0.457 e. The van der Waals surface area contributed by atoms with Gasteiger partial charge in [0.2, 0.25) is 0 Å². The smallest absolute Gasteiger partial charge is 0.161 e. The van der Waals surface area contributed by atoms with Crippen LogP contribution in [0.2, 0.25) is 5.02 Å². The Morgan fingerprint density at radius 1 is 1.10 bits per heavy atom. The van der Waals surface area contributed by atoms with Crippen molar-refractivity contribution in [3.05, 3.63) is 65.3 Å². The highest BCUT2D eigenvalue weighted by Crippen LogP contribution is 2.28. The second-order valence-electron chi connectivity index (χ2n) is 4.66. The molecule has 0 aliphatic heterocycles. The van der Waals surface area contributed by atoms with E-state index < -0.39 is 0 Å². The fraction of sp³-hybridized carbons (Fsp3) is 0.0588. The van der Waals surface area contributed by atoms with Crippen molar-refractivity contribution in [2.24, 2.45) is 0 Å². The first-order valence-corrected chi connectivity index (χ1v) is 6.84. The summed E-state index contributed by atoms with van der Waals surface area (Å²) in [5, 5.41) is 1.44. The summed E-state index contributed by atoms with van der Waals surface area (Å²) in [5.41, 5.74) is 1.35. The Labute approximate surface area is 127 Å². The lowest BCUT2D eigenvalue weighted by atomic mass is 10.1. The average molecular weight is 298 g/mol. The van der Waals surface area contributed by atoms with Crippen molar-refractivity contribution >= 4 is 28.3 Å². The fourth-order valence-corrected chi connectivity index (χ4v) is 2.39. The van der Waals surface area contributed by atoms with E-state index in [9.17, 15) is 4.79 Å². The maximum absolute atomic E-state index is 11.3. The zero-order valence-electron chi connectivity index (χ0n) is 11.3. The third-order valence-corrected chi connectivity index (χ3v) is 3.45. The SMILES string of the molecule is CC(=O)c1ccc(Oc2ccc3cccnc3c2)cc1Cl. The molecule has 0 aliphatic rings. The van der Waals surface area contributed by atoms with Gasteiger partial charge in [-0.15, -0.1) is 0 Å². The quantitative estimate of drug-likeness (QED) is 0.647. The Bertz CT molecular complexity index is 830. The molecule has 1 aromatic heterocycles. The minimum atomic E-state index is -0.0681. The Morgan fingerprint density at radius 3 is 2.62 bits per heavy atom. The Balaban J connectivity index is 1.91. The van der Waals surface area contributed by atoms with Gasteiger partial charge in [-0.25, -0.2) is 0 Å². The number of fused-ring (bicyclic) bond motifs is 1. The van der Waals surface area contributed by atoms with E-state index in [2.05, 4.69) is 4.98 Å². The van der Waals surface area contributed by atoms with Crippen molar-refractivity contribution in [1.82, 2.24) is 4.98 Å². The standard InChI is InChI=1S/C17H12ClNO2/c1-11(20)15-7-6-13(9-16(15)18)21-14-5-4-12-3-2-8-19-17(12)10-14/h2-10H,1H3. The molecule has 0 unspecified atom stereocenters. The van der Waals surface area contributed by atoms with Crippen molar-refractivity contribution in [2.75, 3.05) is 0 Å². The van der Waals surface area contributed by atoms with E-state index in [0.717, 1.165) is 10.9 Å². The Kier molecular flexibility index (Phi) is 3.59. The number of benzene rings is 2. The van der Waals surface area contributed by atoms with Crippen LogP contribution >= 0.6 is 11.6 Å². The highest BCUT2D eigenvalue weighted by molar-refractivity contribution is 6.34. The van der Waals surface area contributed by atoms with Crippen LogP contribution in [-0.2, 0) is 0 Å². The van der Waals surface area contributed by atoms with Gasteiger partial charge in [0.15, 0.2) is 5.78 Å². The van der Waals surface area contributed by atoms with Gasteiger partial charge < -0.3 is 4.74 Å². The first-order chi connectivity index (χ1) is 10.1. The van der Waals surface area contributed by atoms with E-state index in [1.165, 1.54) is 6.92 Å². The molecule has 4 heteroatoms. The summed E-state index contributed by atoms with van der Waals surface area (Å²) >= 11 is 6.07. The number of carbonyl (C=O) groups excluding carboxylic acids is 1. The van der Waals surface area contributed by atoms with Gasteiger partial charge >= 0.3 is 0 Å². The molecular formula is C17H12ClNO2. The van der Waals surface area contributed by atoms with Crippen LogP contribution in [0.25, 0.3) is 10.9 Å². The summed E-state index contributed by atoms with van der Waals surface area (Å²) in [7, 11) is 0. The highest BCUT2D eigenvalue weighted by atomic mass is 35.5. The summed E-state index contributed by atoms with van der Waals surface area (Å²) < 4.78 is 5.77. The second-order valence-corrected chi connectivity index (χ2v) is 5.07. The van der Waals surface area contributed by atoms with Gasteiger partial charge in [0, 0.05) is 29.3 Å². The zero-order valence-corrected chi connectivity index (χ0v) is 12.1. The number of pyridine rings is 1. The minimum Gasteiger partial charge on any atom is -0.457 e. The van der Waals surface area contributed by atoms with Crippen LogP contribution in [0.15, 0.2) is 54.7 Å². The zero-order chi connectivity index (χ0) is 14.8. The molecule has 0 fully saturated rings. The van der Waals surface area contributed by atoms with Gasteiger partial charge in [-0.1, -0.05) is 17.7 Å². The van der Waals surface area contributed by atoms with Crippen LogP contribution in [0, 0.1) is 0 Å². The molecular weight excluding hydrogens is 286 g/mol. The number of nitrogens with zero attached hydrogens (tertiary/aromatic N) is 1. The van der Waals surface area contributed by atoms with Gasteiger partial charge in [0.25, 0.3) is 0 Å². The van der Waals surface area contributed by atoms with Crippen LogP contribution in [0.4, 0.5) is 0 Å². The van der Waals surface area contributed by atoms with Crippen molar-refractivity contribution in [3.63, 3.8) is 0 Å². The van der Waals surface area contributed by atoms with Crippen LogP contribution in [0.3, 0.4) is 0 Å². The van der Waals surface area contributed by atoms with Crippen LogP contribution in [0.1, 0.15) is 17.3 Å². The highest BCUT2D eigenvalue weighted by Gasteiger charge is 2.07. The predicted molar refractivity (Wildman–Crippen MR) is 83.3 cm³/mol. The van der Waals surface area contributed by atoms with E-state index >= 15 is 0 Å². The number of Topliss-reactive ketones (excluding diaryl/α,β-unsaturated/α-hetero) is 1. The fourth-order valence-electron chi connectivity index (χ4n) is 2.09. The van der Waals surface area contributed by atoms with Gasteiger partial charge in [-0.3, -0.25) is 9.78 Å². The van der Waals surface area contributed by atoms with Gasteiger partial charge in [0.05, 0.1) is 10.5 Å². The number of ether oxygens (including phenoxy) is 1. The number of carbonyl (C=O) groups is 1. The van der Waals surface area contributed by atoms with Crippen molar-refractivity contribution in [1.29, 1.82) is 0 Å². The third kappa shape index (κ3) is 2.88. The van der Waals surface area contributed by atoms with Crippen molar-refractivity contribution in [2.45, 2.75) is 6.92 Å². The topological polar surface area (TPSA) is 39.2 Å². The monoisotopic (exact) mass is 297 g/mol. The molecule has 0 aliphatic carbocycles. The predicted octanol–water partition coefficient (Wildman–Crippen LogP) is 4.88. The lowest BCUT2D eigenvalue weighted by Crippen LogP contribution is -1.94. The molecule has 0 amide bonds. The molecule has 0 spiro atoms. The van der Waals surface area contributed by atoms with Crippen LogP contribution in [0.5, 0.6) is 11.5 Å². The van der Waals surface area contributed by atoms with Crippen molar-refractivity contribution in [3.8, 4) is 11.5 Å². The normalized spacial score (nSPS) is 10.6. The molecule has 1 heterocycles. The second kappa shape index (κ2) is 5.54. The molecule has 3 rings (SSSR count). The van der Waals surface area contributed by atoms with Gasteiger partial charge in [-0.05, 0) is 37.3 Å². The Morgan fingerprint density at radius 2 is 1.86 bits per heavy atom. The molecule has 0 bridgehead atoms. The number of hydrogen-bond acceptors (Lipinski definition) is 3. The molecule has 2 aromatic carbocycles. The van der Waals surface area contributed by atoms with E-state index in [1.807, 2.05) is 30.3 Å². The van der Waals surface area contributed by atoms with Crippen molar-refractivity contribution < 1.29 is 9.53 Å². The number of halogens is 1. The van der Waals surface area contributed by atoms with E-state index in [-0.39, 0.29) is 5.78 Å². The maximum Gasteiger partial charge on any atom is 0.161 e. The molecule has 0 atom stereocenters. The lowest BCUT2D eigenvalue weighted by Gasteiger charge is -2.08. The van der Waals surface area contributed by atoms with E-state index in [0.29, 0.717) is 22.1 Å². The maximum atomic E-state index is 11.3. The minimum absolute atomic E-state index is 0.0681. The summed E-state index contributed by atoms with van der Waals surface area (Å²) in [6.45, 7) is 1.48. The lowest BCUT2D eigenvalue weighted by molar-refractivity contribution is 0.101. The third-order valence-electron chi connectivity index (χ3n) is 3.13. The first-order valence-electron chi connectivity index (χ1n) is 6.46. The van der Waals surface area contributed by atoms with Crippen LogP contribution < -0.4 is 4.74 Å². The van der Waals surface area contributed by atoms with Gasteiger partial charge in [-0.2, -0.15) is 0 Å². The molecule has 0 saturated carbocycles. The number of aromatic nitrogens is 1. The molecule has 104 valence electrons. The van der Waals surface area contributed by atoms with E-state index in [4.69, 9.17) is 16.3 Å².